The number of para-hydroxylation sites is 1. The summed E-state index contributed by atoms with van der Waals surface area (Å²) in [5, 5.41) is 23.7. The van der Waals surface area contributed by atoms with Gasteiger partial charge in [0.05, 0.1) is 17.2 Å². The largest absolute Gasteiger partial charge is 0.547 e. The van der Waals surface area contributed by atoms with Crippen molar-refractivity contribution < 1.29 is 32.8 Å². The molecule has 2 aromatic rings. The number of carboxylic acids is 1. The third-order valence-corrected chi connectivity index (χ3v) is 6.71. The summed E-state index contributed by atoms with van der Waals surface area (Å²) in [6.07, 6.45) is 0.0652. The van der Waals surface area contributed by atoms with Gasteiger partial charge in [0, 0.05) is 19.5 Å². The fourth-order valence-corrected chi connectivity index (χ4v) is 4.24. The highest BCUT2D eigenvalue weighted by Crippen LogP contribution is 2.30. The maximum atomic E-state index is 13.0. The SMILES string of the molecule is CN(C)S(=O)(=O)NC(C(=O)N[C@H]1Cc2cccc(C(=O)O)c2OB1O)c1csc(N)n1. The molecule has 1 unspecified atom stereocenters. The van der Waals surface area contributed by atoms with Gasteiger partial charge in [-0.1, -0.05) is 12.1 Å². The summed E-state index contributed by atoms with van der Waals surface area (Å²) in [7, 11) is -2.98. The van der Waals surface area contributed by atoms with Crippen molar-refractivity contribution in [2.75, 3.05) is 19.8 Å². The molecule has 3 rings (SSSR count). The fraction of sp³-hybridized carbons (Fsp3) is 0.312. The molecule has 0 radical (unpaired) electrons. The molecule has 1 aliphatic heterocycles. The summed E-state index contributed by atoms with van der Waals surface area (Å²) < 4.78 is 33.1. The third-order valence-electron chi connectivity index (χ3n) is 4.52. The second kappa shape index (κ2) is 8.80. The van der Waals surface area contributed by atoms with Crippen LogP contribution in [0, 0.1) is 0 Å². The molecule has 0 saturated heterocycles. The summed E-state index contributed by atoms with van der Waals surface area (Å²) in [4.78, 5) is 28.3. The normalized spacial score (nSPS) is 17.0. The average Bonchev–Trinajstić information content (AvgIpc) is 3.12. The second-order valence-corrected chi connectivity index (χ2v) is 9.68. The van der Waals surface area contributed by atoms with Gasteiger partial charge in [-0.2, -0.15) is 17.4 Å². The first-order chi connectivity index (χ1) is 14.5. The molecule has 1 aliphatic rings. The number of anilines is 1. The third kappa shape index (κ3) is 4.96. The molecule has 0 bridgehead atoms. The van der Waals surface area contributed by atoms with Crippen molar-refractivity contribution in [3.63, 3.8) is 0 Å². The van der Waals surface area contributed by atoms with Crippen molar-refractivity contribution >= 4 is 45.7 Å². The van der Waals surface area contributed by atoms with Gasteiger partial charge in [-0.25, -0.2) is 9.78 Å². The quantitative estimate of drug-likeness (QED) is 0.317. The van der Waals surface area contributed by atoms with Crippen LogP contribution in [0.4, 0.5) is 5.13 Å². The lowest BCUT2D eigenvalue weighted by Gasteiger charge is -2.30. The number of aromatic nitrogens is 1. The molecular weight excluding hydrogens is 449 g/mol. The van der Waals surface area contributed by atoms with Crippen LogP contribution in [0.2, 0.25) is 0 Å². The number of nitrogen functional groups attached to an aromatic ring is 1. The van der Waals surface area contributed by atoms with E-state index >= 15 is 0 Å². The predicted octanol–water partition coefficient (Wildman–Crippen LogP) is -1.000. The molecule has 6 N–H and O–H groups in total. The number of hydrogen-bond acceptors (Lipinski definition) is 9. The second-order valence-electron chi connectivity index (χ2n) is 6.88. The number of nitrogens with two attached hydrogens (primary N) is 1. The van der Waals surface area contributed by atoms with Gasteiger partial charge in [0.1, 0.15) is 11.8 Å². The monoisotopic (exact) mass is 469 g/mol. The zero-order chi connectivity index (χ0) is 22.9. The van der Waals surface area contributed by atoms with Crippen LogP contribution in [0.1, 0.15) is 27.7 Å². The molecule has 0 saturated carbocycles. The topological polar surface area (TPSA) is 184 Å². The minimum atomic E-state index is -4.01. The number of nitrogens with one attached hydrogen (secondary N) is 2. The summed E-state index contributed by atoms with van der Waals surface area (Å²) in [6.45, 7) is 0. The van der Waals surface area contributed by atoms with Crippen molar-refractivity contribution in [1.82, 2.24) is 19.3 Å². The van der Waals surface area contributed by atoms with E-state index in [1.165, 1.54) is 31.6 Å². The van der Waals surface area contributed by atoms with Crippen LogP contribution in [-0.2, 0) is 21.4 Å². The van der Waals surface area contributed by atoms with E-state index in [4.69, 9.17) is 10.4 Å². The van der Waals surface area contributed by atoms with Crippen LogP contribution < -0.4 is 20.4 Å². The number of nitrogens with zero attached hydrogens (tertiary/aromatic N) is 2. The molecule has 1 aromatic heterocycles. The Kier molecular flexibility index (Phi) is 6.52. The number of carbonyl (C=O) groups excluding carboxylic acids is 1. The van der Waals surface area contributed by atoms with Crippen molar-refractivity contribution in [2.45, 2.75) is 18.4 Å². The first kappa shape index (κ1) is 23.0. The molecule has 0 fully saturated rings. The summed E-state index contributed by atoms with van der Waals surface area (Å²) in [5.74, 6) is -2.96. The Morgan fingerprint density at radius 3 is 2.71 bits per heavy atom. The van der Waals surface area contributed by atoms with Crippen molar-refractivity contribution in [1.29, 1.82) is 0 Å². The minimum absolute atomic E-state index is 0.0186. The van der Waals surface area contributed by atoms with E-state index in [0.717, 1.165) is 15.6 Å². The molecule has 12 nitrogen and oxygen atoms in total. The number of rotatable bonds is 7. The first-order valence-electron chi connectivity index (χ1n) is 8.90. The van der Waals surface area contributed by atoms with Crippen LogP contribution in [0.15, 0.2) is 23.6 Å². The van der Waals surface area contributed by atoms with Crippen molar-refractivity contribution in [3.05, 3.63) is 40.4 Å². The minimum Gasteiger partial charge on any atom is -0.534 e. The molecule has 2 heterocycles. The molecule has 1 amide bonds. The Bertz CT molecular complexity index is 1110. The predicted molar refractivity (Wildman–Crippen MR) is 113 cm³/mol. The smallest absolute Gasteiger partial charge is 0.534 e. The van der Waals surface area contributed by atoms with Crippen LogP contribution in [-0.4, -0.2) is 66.9 Å². The Morgan fingerprint density at radius 2 is 2.13 bits per heavy atom. The lowest BCUT2D eigenvalue weighted by Crippen LogP contribution is -2.56. The number of hydrogen-bond donors (Lipinski definition) is 5. The molecule has 2 atom stereocenters. The Hall–Kier alpha value is -2.72. The highest BCUT2D eigenvalue weighted by molar-refractivity contribution is 7.87. The van der Waals surface area contributed by atoms with Crippen LogP contribution >= 0.6 is 11.3 Å². The standard InChI is InChI=1S/C16H20BN5O7S2/c1-22(2)31(27,28)21-12(10-7-30-16(18)19-10)14(23)20-11-6-8-4-3-5-9(15(24)25)13(8)29-17(11)26/h3-5,7,11-12,21,26H,6H2,1-2H3,(H2,18,19)(H,20,23)(H,24,25)/t11-,12?/m0/s1. The van der Waals surface area contributed by atoms with Gasteiger partial charge in [-0.15, -0.1) is 11.3 Å². The molecule has 31 heavy (non-hydrogen) atoms. The van der Waals surface area contributed by atoms with Crippen LogP contribution in [0.25, 0.3) is 0 Å². The Balaban J connectivity index is 1.85. The number of benzene rings is 1. The van der Waals surface area contributed by atoms with Gasteiger partial charge in [0.2, 0.25) is 5.91 Å². The number of carbonyl (C=O) groups is 2. The van der Waals surface area contributed by atoms with Crippen LogP contribution in [0.3, 0.4) is 0 Å². The number of thiazole rings is 1. The lowest BCUT2D eigenvalue weighted by molar-refractivity contribution is -0.123. The van der Waals surface area contributed by atoms with Gasteiger partial charge in [0.25, 0.3) is 10.2 Å². The van der Waals surface area contributed by atoms with E-state index in [2.05, 4.69) is 15.0 Å². The van der Waals surface area contributed by atoms with E-state index in [1.807, 2.05) is 0 Å². The van der Waals surface area contributed by atoms with E-state index in [-0.39, 0.29) is 28.6 Å². The van der Waals surface area contributed by atoms with Crippen molar-refractivity contribution in [3.8, 4) is 5.75 Å². The molecule has 1 aromatic carbocycles. The maximum Gasteiger partial charge on any atom is 0.547 e. The van der Waals surface area contributed by atoms with Gasteiger partial charge >= 0.3 is 13.1 Å². The van der Waals surface area contributed by atoms with E-state index in [1.54, 1.807) is 6.07 Å². The Labute approximate surface area is 182 Å². The van der Waals surface area contributed by atoms with Gasteiger partial charge < -0.3 is 25.8 Å². The van der Waals surface area contributed by atoms with E-state index in [9.17, 15) is 28.1 Å². The van der Waals surface area contributed by atoms with Crippen molar-refractivity contribution in [2.24, 2.45) is 0 Å². The zero-order valence-electron chi connectivity index (χ0n) is 16.5. The zero-order valence-corrected chi connectivity index (χ0v) is 18.1. The maximum absolute atomic E-state index is 13.0. The lowest BCUT2D eigenvalue weighted by atomic mass is 9.72. The molecule has 15 heteroatoms. The molecule has 166 valence electrons. The number of amides is 1. The van der Waals surface area contributed by atoms with Gasteiger partial charge in [-0.3, -0.25) is 4.79 Å². The highest BCUT2D eigenvalue weighted by Gasteiger charge is 2.40. The fourth-order valence-electron chi connectivity index (χ4n) is 2.92. The van der Waals surface area contributed by atoms with E-state index < -0.39 is 41.2 Å². The molecular formula is C16H20BN5O7S2. The molecule has 0 aliphatic carbocycles. The van der Waals surface area contributed by atoms with E-state index in [0.29, 0.717) is 5.56 Å². The number of carboxylic acid groups (broad SMARTS) is 1. The van der Waals surface area contributed by atoms with Crippen LogP contribution in [0.5, 0.6) is 5.75 Å². The summed E-state index contributed by atoms with van der Waals surface area (Å²) >= 11 is 1.03. The Morgan fingerprint density at radius 1 is 1.42 bits per heavy atom. The number of aromatic carboxylic acids is 1. The summed E-state index contributed by atoms with van der Waals surface area (Å²) in [5.41, 5.74) is 6.06. The van der Waals surface area contributed by atoms with Gasteiger partial charge in [-0.05, 0) is 18.1 Å². The highest BCUT2D eigenvalue weighted by atomic mass is 32.2. The summed E-state index contributed by atoms with van der Waals surface area (Å²) in [6, 6.07) is 3.06. The number of fused-ring (bicyclic) bond motifs is 1. The molecule has 0 spiro atoms. The average molecular weight is 469 g/mol. The van der Waals surface area contributed by atoms with Gasteiger partial charge in [0.15, 0.2) is 5.13 Å². The first-order valence-corrected chi connectivity index (χ1v) is 11.2.